The normalized spacial score (nSPS) is 10.0. The highest BCUT2D eigenvalue weighted by atomic mass is 35.5. The minimum atomic E-state index is 0.610. The Hall–Kier alpha value is -1.81. The standard InChI is InChI=1S/C12H12ClN3O/c1-2-17-12-6-4-10(8-15-12)16-11-5-3-9(13)7-14-11/h3-8H,2H2,1H3,(H,14,16). The summed E-state index contributed by atoms with van der Waals surface area (Å²) < 4.78 is 5.25. The van der Waals surface area contributed by atoms with Crippen molar-refractivity contribution in [2.45, 2.75) is 6.92 Å². The molecule has 2 rings (SSSR count). The molecule has 0 radical (unpaired) electrons. The average molecular weight is 250 g/mol. The number of nitrogens with zero attached hydrogens (tertiary/aromatic N) is 2. The van der Waals surface area contributed by atoms with Gasteiger partial charge in [-0.1, -0.05) is 11.6 Å². The molecular formula is C12H12ClN3O. The van der Waals surface area contributed by atoms with Crippen LogP contribution < -0.4 is 10.1 Å². The van der Waals surface area contributed by atoms with Crippen molar-refractivity contribution >= 4 is 23.1 Å². The predicted octanol–water partition coefficient (Wildman–Crippen LogP) is 3.27. The summed E-state index contributed by atoms with van der Waals surface area (Å²) in [5.74, 6) is 1.34. The van der Waals surface area contributed by atoms with Crippen LogP contribution in [0.3, 0.4) is 0 Å². The zero-order valence-electron chi connectivity index (χ0n) is 9.35. The molecule has 88 valence electrons. The Morgan fingerprint density at radius 2 is 2.06 bits per heavy atom. The third kappa shape index (κ3) is 3.32. The SMILES string of the molecule is CCOc1ccc(Nc2ccc(Cl)cn2)cn1. The highest BCUT2D eigenvalue weighted by Crippen LogP contribution is 2.17. The van der Waals surface area contributed by atoms with E-state index in [9.17, 15) is 0 Å². The molecular weight excluding hydrogens is 238 g/mol. The van der Waals surface area contributed by atoms with Crippen LogP contribution >= 0.6 is 11.6 Å². The molecule has 1 N–H and O–H groups in total. The first kappa shape index (κ1) is 11.7. The van der Waals surface area contributed by atoms with Crippen molar-refractivity contribution in [1.82, 2.24) is 9.97 Å². The van der Waals surface area contributed by atoms with Crippen molar-refractivity contribution in [3.63, 3.8) is 0 Å². The van der Waals surface area contributed by atoms with Crippen LogP contribution in [0.15, 0.2) is 36.7 Å². The minimum Gasteiger partial charge on any atom is -0.478 e. The van der Waals surface area contributed by atoms with Crippen LogP contribution in [0.1, 0.15) is 6.92 Å². The fraction of sp³-hybridized carbons (Fsp3) is 0.167. The van der Waals surface area contributed by atoms with Gasteiger partial charge in [0, 0.05) is 12.3 Å². The lowest BCUT2D eigenvalue weighted by Crippen LogP contribution is -1.96. The van der Waals surface area contributed by atoms with Crippen LogP contribution in [0.4, 0.5) is 11.5 Å². The smallest absolute Gasteiger partial charge is 0.213 e. The molecule has 2 heterocycles. The second kappa shape index (κ2) is 5.50. The first-order valence-corrected chi connectivity index (χ1v) is 5.63. The van der Waals surface area contributed by atoms with Gasteiger partial charge in [0.1, 0.15) is 5.82 Å². The number of hydrogen-bond donors (Lipinski definition) is 1. The molecule has 0 saturated heterocycles. The molecule has 0 unspecified atom stereocenters. The van der Waals surface area contributed by atoms with Crippen molar-refractivity contribution in [3.8, 4) is 5.88 Å². The first-order chi connectivity index (χ1) is 8.28. The third-order valence-corrected chi connectivity index (χ3v) is 2.25. The Kier molecular flexibility index (Phi) is 3.77. The van der Waals surface area contributed by atoms with E-state index in [1.54, 1.807) is 24.5 Å². The van der Waals surface area contributed by atoms with Crippen molar-refractivity contribution < 1.29 is 4.74 Å². The average Bonchev–Trinajstić information content (AvgIpc) is 2.35. The number of aromatic nitrogens is 2. The molecule has 0 saturated carbocycles. The van der Waals surface area contributed by atoms with E-state index in [1.165, 1.54) is 0 Å². The van der Waals surface area contributed by atoms with Gasteiger partial charge in [0.05, 0.1) is 23.5 Å². The number of anilines is 2. The molecule has 17 heavy (non-hydrogen) atoms. The van der Waals surface area contributed by atoms with Crippen molar-refractivity contribution in [2.24, 2.45) is 0 Å². The number of ether oxygens (including phenoxy) is 1. The second-order valence-electron chi connectivity index (χ2n) is 3.30. The zero-order chi connectivity index (χ0) is 12.1. The van der Waals surface area contributed by atoms with Gasteiger partial charge in [-0.2, -0.15) is 0 Å². The topological polar surface area (TPSA) is 47.0 Å². The van der Waals surface area contributed by atoms with E-state index in [0.29, 0.717) is 17.5 Å². The first-order valence-electron chi connectivity index (χ1n) is 5.25. The van der Waals surface area contributed by atoms with Crippen LogP contribution in [0, 0.1) is 0 Å². The summed E-state index contributed by atoms with van der Waals surface area (Å²) in [6.07, 6.45) is 3.28. The Morgan fingerprint density at radius 3 is 2.65 bits per heavy atom. The molecule has 0 aliphatic heterocycles. The van der Waals surface area contributed by atoms with E-state index in [2.05, 4.69) is 15.3 Å². The summed E-state index contributed by atoms with van der Waals surface area (Å²) >= 11 is 5.75. The van der Waals surface area contributed by atoms with Crippen LogP contribution in [0.5, 0.6) is 5.88 Å². The van der Waals surface area contributed by atoms with E-state index in [1.807, 2.05) is 19.1 Å². The van der Waals surface area contributed by atoms with Gasteiger partial charge in [0.2, 0.25) is 5.88 Å². The molecule has 0 spiro atoms. The lowest BCUT2D eigenvalue weighted by molar-refractivity contribution is 0.327. The molecule has 0 bridgehead atoms. The number of hydrogen-bond acceptors (Lipinski definition) is 4. The van der Waals surface area contributed by atoms with Gasteiger partial charge in [0.25, 0.3) is 0 Å². The Bertz CT molecular complexity index is 470. The van der Waals surface area contributed by atoms with Gasteiger partial charge in [0.15, 0.2) is 0 Å². The summed E-state index contributed by atoms with van der Waals surface area (Å²) in [5, 5.41) is 3.72. The number of halogens is 1. The maximum absolute atomic E-state index is 5.75. The predicted molar refractivity (Wildman–Crippen MR) is 67.9 cm³/mol. The van der Waals surface area contributed by atoms with Gasteiger partial charge in [-0.25, -0.2) is 9.97 Å². The molecule has 0 fully saturated rings. The monoisotopic (exact) mass is 249 g/mol. The fourth-order valence-corrected chi connectivity index (χ4v) is 1.40. The highest BCUT2D eigenvalue weighted by molar-refractivity contribution is 6.30. The van der Waals surface area contributed by atoms with Crippen molar-refractivity contribution in [2.75, 3.05) is 11.9 Å². The fourth-order valence-electron chi connectivity index (χ4n) is 1.29. The summed E-state index contributed by atoms with van der Waals surface area (Å²) in [5.41, 5.74) is 0.850. The van der Waals surface area contributed by atoms with Crippen LogP contribution in [0.25, 0.3) is 0 Å². The minimum absolute atomic E-state index is 0.610. The molecule has 5 heteroatoms. The molecule has 4 nitrogen and oxygen atoms in total. The van der Waals surface area contributed by atoms with E-state index < -0.39 is 0 Å². The van der Waals surface area contributed by atoms with E-state index in [0.717, 1.165) is 11.5 Å². The quantitative estimate of drug-likeness (QED) is 0.903. The Labute approximate surface area is 105 Å². The Morgan fingerprint density at radius 1 is 1.18 bits per heavy atom. The molecule has 0 atom stereocenters. The molecule has 0 aromatic carbocycles. The second-order valence-corrected chi connectivity index (χ2v) is 3.74. The molecule has 0 aliphatic rings. The van der Waals surface area contributed by atoms with Crippen molar-refractivity contribution in [3.05, 3.63) is 41.7 Å². The van der Waals surface area contributed by atoms with Crippen molar-refractivity contribution in [1.29, 1.82) is 0 Å². The van der Waals surface area contributed by atoms with Crippen LogP contribution in [-0.2, 0) is 0 Å². The van der Waals surface area contributed by atoms with E-state index in [4.69, 9.17) is 16.3 Å². The number of rotatable bonds is 4. The largest absolute Gasteiger partial charge is 0.478 e. The molecule has 0 aliphatic carbocycles. The lowest BCUT2D eigenvalue weighted by atomic mass is 10.4. The third-order valence-electron chi connectivity index (χ3n) is 2.03. The summed E-state index contributed by atoms with van der Waals surface area (Å²) in [6, 6.07) is 7.27. The van der Waals surface area contributed by atoms with Crippen LogP contribution in [-0.4, -0.2) is 16.6 Å². The number of pyridine rings is 2. The van der Waals surface area contributed by atoms with Gasteiger partial charge in [-0.05, 0) is 25.1 Å². The van der Waals surface area contributed by atoms with Gasteiger partial charge >= 0.3 is 0 Å². The van der Waals surface area contributed by atoms with Gasteiger partial charge in [-0.15, -0.1) is 0 Å². The summed E-state index contributed by atoms with van der Waals surface area (Å²) in [6.45, 7) is 2.53. The highest BCUT2D eigenvalue weighted by Gasteiger charge is 1.98. The molecule has 0 amide bonds. The number of nitrogens with one attached hydrogen (secondary N) is 1. The summed E-state index contributed by atoms with van der Waals surface area (Å²) in [4.78, 5) is 8.27. The molecule has 2 aromatic rings. The van der Waals surface area contributed by atoms with Gasteiger partial charge < -0.3 is 10.1 Å². The Balaban J connectivity index is 2.05. The van der Waals surface area contributed by atoms with Crippen LogP contribution in [0.2, 0.25) is 5.02 Å². The molecule has 2 aromatic heterocycles. The van der Waals surface area contributed by atoms with E-state index in [-0.39, 0.29) is 0 Å². The maximum atomic E-state index is 5.75. The van der Waals surface area contributed by atoms with E-state index >= 15 is 0 Å². The van der Waals surface area contributed by atoms with Gasteiger partial charge in [-0.3, -0.25) is 0 Å². The maximum Gasteiger partial charge on any atom is 0.213 e. The summed E-state index contributed by atoms with van der Waals surface area (Å²) in [7, 11) is 0. The zero-order valence-corrected chi connectivity index (χ0v) is 10.1. The lowest BCUT2D eigenvalue weighted by Gasteiger charge is -2.06.